The van der Waals surface area contributed by atoms with Crippen LogP contribution >= 0.6 is 0 Å². The molecule has 13 heteroatoms. The van der Waals surface area contributed by atoms with E-state index in [0.29, 0.717) is 80.6 Å². The zero-order valence-electron chi connectivity index (χ0n) is 40.6. The largest absolute Gasteiger partial charge is 0.476 e. The summed E-state index contributed by atoms with van der Waals surface area (Å²) in [6.45, 7) is 4.41. The molecule has 2 unspecified atom stereocenters. The number of aromatic carboxylic acids is 1. The van der Waals surface area contributed by atoms with E-state index in [1.807, 2.05) is 11.6 Å². The third-order valence-corrected chi connectivity index (χ3v) is 18.9. The first kappa shape index (κ1) is 47.0. The van der Waals surface area contributed by atoms with E-state index in [1.165, 1.54) is 102 Å². The number of ether oxygens (including phenoxy) is 2. The van der Waals surface area contributed by atoms with E-state index >= 15 is 0 Å². The van der Waals surface area contributed by atoms with Gasteiger partial charge in [-0.25, -0.2) is 4.79 Å². The SMILES string of the molecule is CCOC(=O)C1CCc2c(c(C(=O)NC3C4CC5CC(C4)CC3C5)nn2C2CCCCC2)C1.CCOC(=O)C1CCc2c(c(C(=O)O)nn2C2CCCCC2)C1.NC1C2CC3CC(C2)CC1C3. The van der Waals surface area contributed by atoms with E-state index in [0.717, 1.165) is 90.9 Å². The Kier molecular flexibility index (Phi) is 14.2. The highest BCUT2D eigenvalue weighted by Crippen LogP contribution is 2.54. The molecule has 13 nitrogen and oxygen atoms in total. The molecule has 10 fully saturated rings. The van der Waals surface area contributed by atoms with Gasteiger partial charge in [0.2, 0.25) is 0 Å². The second-order valence-corrected chi connectivity index (χ2v) is 23.1. The third kappa shape index (κ3) is 9.75. The summed E-state index contributed by atoms with van der Waals surface area (Å²) in [4.78, 5) is 49.8. The van der Waals surface area contributed by atoms with E-state index < -0.39 is 5.97 Å². The lowest BCUT2D eigenvalue weighted by Gasteiger charge is -2.54. The van der Waals surface area contributed by atoms with Crippen LogP contribution in [-0.4, -0.2) is 73.8 Å². The van der Waals surface area contributed by atoms with Crippen LogP contribution in [0, 0.1) is 59.2 Å². The number of amides is 1. The van der Waals surface area contributed by atoms with Crippen molar-refractivity contribution in [3.63, 3.8) is 0 Å². The summed E-state index contributed by atoms with van der Waals surface area (Å²) in [5.41, 5.74) is 10.9. The number of rotatable bonds is 9. The van der Waals surface area contributed by atoms with Crippen molar-refractivity contribution in [1.82, 2.24) is 24.9 Å². The maximum absolute atomic E-state index is 13.7. The van der Waals surface area contributed by atoms with Gasteiger partial charge in [0, 0.05) is 34.6 Å². The quantitative estimate of drug-likeness (QED) is 0.205. The van der Waals surface area contributed by atoms with Crippen LogP contribution < -0.4 is 11.1 Å². The van der Waals surface area contributed by atoms with Gasteiger partial charge in [-0.2, -0.15) is 10.2 Å². The lowest BCUT2D eigenvalue weighted by atomic mass is 9.54. The van der Waals surface area contributed by atoms with Gasteiger partial charge in [0.15, 0.2) is 11.4 Å². The number of hydrogen-bond acceptors (Lipinski definition) is 9. The molecule has 10 saturated carbocycles. The first-order valence-electron chi connectivity index (χ1n) is 27.4. The summed E-state index contributed by atoms with van der Waals surface area (Å²) >= 11 is 0. The molecule has 2 aromatic heterocycles. The topological polar surface area (TPSA) is 181 Å². The molecule has 67 heavy (non-hydrogen) atoms. The van der Waals surface area contributed by atoms with Gasteiger partial charge < -0.3 is 25.6 Å². The van der Waals surface area contributed by atoms with Crippen LogP contribution in [0.5, 0.6) is 0 Å². The monoisotopic (exact) mass is 925 g/mol. The summed E-state index contributed by atoms with van der Waals surface area (Å²) in [6.07, 6.45) is 29.8. The standard InChI is InChI=1S/C27H39N3O3.C17H24N2O4.C10H17N/c1-2-33-27(32)18-8-9-23-22(15-18)25(29-30(23)21-6-4-3-5-7-21)26(31)28-24-19-11-16-10-17(13-19)14-20(24)12-16;1-2-23-17(22)11-8-9-14-13(10-11)15(16(20)21)18-19(14)12-6-4-3-5-7-12;11-10-8-2-6-1-7(4-8)5-9(10)3-6/h16-21,24H,2-15H2,1H3,(H,28,31);11-12H,2-10H2,1H3,(H,20,21);6-10H,1-5,11H2. The Morgan fingerprint density at radius 1 is 0.582 bits per heavy atom. The molecule has 12 aliphatic rings. The number of nitrogens with two attached hydrogens (primary N) is 1. The second-order valence-electron chi connectivity index (χ2n) is 23.1. The highest BCUT2D eigenvalue weighted by atomic mass is 16.5. The Balaban J connectivity index is 0.000000133. The lowest BCUT2D eigenvalue weighted by Crippen LogP contribution is -2.56. The van der Waals surface area contributed by atoms with Crippen LogP contribution in [0.4, 0.5) is 0 Å². The van der Waals surface area contributed by atoms with Crippen LogP contribution in [0.1, 0.15) is 211 Å². The number of hydrogen-bond donors (Lipinski definition) is 3. The van der Waals surface area contributed by atoms with Crippen molar-refractivity contribution < 1.29 is 33.8 Å². The summed E-state index contributed by atoms with van der Waals surface area (Å²) in [5, 5.41) is 22.4. The Morgan fingerprint density at radius 2 is 0.985 bits per heavy atom. The van der Waals surface area contributed by atoms with Crippen molar-refractivity contribution in [3.05, 3.63) is 33.9 Å². The minimum atomic E-state index is -1.000. The predicted molar refractivity (Wildman–Crippen MR) is 253 cm³/mol. The Bertz CT molecular complexity index is 2060. The van der Waals surface area contributed by atoms with Gasteiger partial charge in [0.1, 0.15) is 0 Å². The van der Waals surface area contributed by atoms with Crippen molar-refractivity contribution in [1.29, 1.82) is 0 Å². The Morgan fingerprint density at radius 3 is 1.40 bits per heavy atom. The number of carboxylic acid groups (broad SMARTS) is 1. The van der Waals surface area contributed by atoms with Crippen molar-refractivity contribution in [2.45, 2.75) is 205 Å². The second kappa shape index (κ2) is 20.3. The summed E-state index contributed by atoms with van der Waals surface area (Å²) in [7, 11) is 0. The molecule has 0 aromatic carbocycles. The highest BCUT2D eigenvalue weighted by molar-refractivity contribution is 5.94. The highest BCUT2D eigenvalue weighted by Gasteiger charge is 2.50. The molecule has 1 amide bonds. The molecule has 4 N–H and O–H groups in total. The molecule has 0 radical (unpaired) electrons. The first-order valence-corrected chi connectivity index (χ1v) is 27.4. The van der Waals surface area contributed by atoms with Crippen molar-refractivity contribution in [3.8, 4) is 0 Å². The average molecular weight is 925 g/mol. The van der Waals surface area contributed by atoms with Crippen LogP contribution in [0.25, 0.3) is 0 Å². The van der Waals surface area contributed by atoms with E-state index in [1.54, 1.807) is 13.3 Å². The van der Waals surface area contributed by atoms with Gasteiger partial charge in [-0.1, -0.05) is 38.5 Å². The van der Waals surface area contributed by atoms with Crippen LogP contribution in [-0.2, 0) is 44.7 Å². The van der Waals surface area contributed by atoms with Crippen LogP contribution in [0.15, 0.2) is 0 Å². The number of esters is 2. The maximum atomic E-state index is 13.7. The molecule has 2 atom stereocenters. The van der Waals surface area contributed by atoms with E-state index in [-0.39, 0.29) is 35.4 Å². The molecule has 2 aromatic rings. The molecule has 8 bridgehead atoms. The van der Waals surface area contributed by atoms with Gasteiger partial charge in [-0.05, 0) is 190 Å². The Hall–Kier alpha value is -3.74. The van der Waals surface area contributed by atoms with E-state index in [9.17, 15) is 24.3 Å². The smallest absolute Gasteiger partial charge is 0.356 e. The fourth-order valence-electron chi connectivity index (χ4n) is 16.2. The van der Waals surface area contributed by atoms with E-state index in [4.69, 9.17) is 20.3 Å². The first-order chi connectivity index (χ1) is 32.5. The fraction of sp³-hybridized carbons (Fsp3) is 0.815. The normalized spacial score (nSPS) is 34.7. The van der Waals surface area contributed by atoms with Crippen molar-refractivity contribution in [2.75, 3.05) is 13.2 Å². The molecule has 2 heterocycles. The lowest BCUT2D eigenvalue weighted by molar-refractivity contribution is -0.149. The molecule has 0 aliphatic heterocycles. The average Bonchev–Trinajstić information content (AvgIpc) is 3.92. The number of fused-ring (bicyclic) bond motifs is 2. The zero-order valence-corrected chi connectivity index (χ0v) is 40.6. The molecular formula is C54H80N6O7. The zero-order chi connectivity index (χ0) is 46.3. The van der Waals surface area contributed by atoms with Crippen molar-refractivity contribution >= 4 is 23.8 Å². The minimum absolute atomic E-state index is 0.00258. The third-order valence-electron chi connectivity index (χ3n) is 18.9. The van der Waals surface area contributed by atoms with Gasteiger partial charge >= 0.3 is 17.9 Å². The van der Waals surface area contributed by atoms with Gasteiger partial charge in [0.05, 0.1) is 37.1 Å². The number of carboxylic acids is 1. The van der Waals surface area contributed by atoms with Crippen molar-refractivity contribution in [2.24, 2.45) is 64.9 Å². The number of carbonyl (C=O) groups is 4. The molecule has 0 spiro atoms. The summed E-state index contributed by atoms with van der Waals surface area (Å²) in [5.74, 6) is 5.34. The molecule has 12 aliphatic carbocycles. The molecule has 368 valence electrons. The maximum Gasteiger partial charge on any atom is 0.356 e. The molecular weight excluding hydrogens is 845 g/mol. The number of nitrogens with one attached hydrogen (secondary N) is 1. The number of aromatic nitrogens is 4. The molecule has 0 saturated heterocycles. The van der Waals surface area contributed by atoms with Crippen LogP contribution in [0.2, 0.25) is 0 Å². The van der Waals surface area contributed by atoms with Crippen LogP contribution in [0.3, 0.4) is 0 Å². The number of carbonyl (C=O) groups excluding carboxylic acids is 3. The van der Waals surface area contributed by atoms with E-state index in [2.05, 4.69) is 15.1 Å². The fourth-order valence-corrected chi connectivity index (χ4v) is 16.2. The summed E-state index contributed by atoms with van der Waals surface area (Å²) < 4.78 is 14.6. The van der Waals surface area contributed by atoms with Gasteiger partial charge in [-0.15, -0.1) is 0 Å². The predicted octanol–water partition coefficient (Wildman–Crippen LogP) is 9.14. The Labute approximate surface area is 398 Å². The molecule has 14 rings (SSSR count). The minimum Gasteiger partial charge on any atom is -0.476 e. The van der Waals surface area contributed by atoms with Gasteiger partial charge in [0.25, 0.3) is 5.91 Å². The summed E-state index contributed by atoms with van der Waals surface area (Å²) in [6, 6.07) is 1.60. The van der Waals surface area contributed by atoms with Gasteiger partial charge in [-0.3, -0.25) is 23.7 Å². The number of nitrogens with zero attached hydrogens (tertiary/aromatic N) is 4.